The molecule has 0 saturated carbocycles. The number of hydrogen-bond acceptors (Lipinski definition) is 3. The van der Waals surface area contributed by atoms with Crippen molar-refractivity contribution in [1.82, 2.24) is 0 Å². The van der Waals surface area contributed by atoms with Crippen molar-refractivity contribution in [3.8, 4) is 0 Å². The Bertz CT molecular complexity index is 772. The smallest absolute Gasteiger partial charge is 0.264 e. The largest absolute Gasteiger partial charge is 0.392 e. The fourth-order valence-electron chi connectivity index (χ4n) is 1.91. The predicted molar refractivity (Wildman–Crippen MR) is 79.0 cm³/mol. The lowest BCUT2D eigenvalue weighted by Crippen LogP contribution is -2.16. The van der Waals surface area contributed by atoms with E-state index in [1.165, 1.54) is 6.07 Å². The van der Waals surface area contributed by atoms with E-state index in [0.717, 1.165) is 23.3 Å². The number of hydrogen-bond donors (Lipinski definition) is 2. The van der Waals surface area contributed by atoms with Gasteiger partial charge in [-0.1, -0.05) is 18.2 Å². The van der Waals surface area contributed by atoms with E-state index >= 15 is 0 Å². The van der Waals surface area contributed by atoms with Crippen molar-refractivity contribution in [3.05, 3.63) is 58.9 Å². The molecule has 0 fully saturated rings. The average molecular weight is 309 g/mol. The average Bonchev–Trinajstić information content (AvgIpc) is 2.44. The third-order valence-corrected chi connectivity index (χ3v) is 4.70. The molecule has 0 radical (unpaired) electrons. The summed E-state index contributed by atoms with van der Waals surface area (Å²) in [7, 11) is -4.05. The third-order valence-electron chi connectivity index (χ3n) is 3.32. The minimum Gasteiger partial charge on any atom is -0.392 e. The number of aliphatic hydroxyl groups is 1. The molecule has 0 aliphatic rings. The van der Waals surface area contributed by atoms with E-state index in [1.807, 2.05) is 13.0 Å². The Balaban J connectivity index is 2.46. The summed E-state index contributed by atoms with van der Waals surface area (Å²) in [5, 5.41) is 9.05. The van der Waals surface area contributed by atoms with Gasteiger partial charge in [-0.25, -0.2) is 12.8 Å². The first-order valence-electron chi connectivity index (χ1n) is 6.33. The molecule has 2 rings (SSSR count). The van der Waals surface area contributed by atoms with Gasteiger partial charge in [-0.15, -0.1) is 0 Å². The highest BCUT2D eigenvalue weighted by molar-refractivity contribution is 7.92. The first-order chi connectivity index (χ1) is 9.85. The second-order valence-corrected chi connectivity index (χ2v) is 6.43. The summed E-state index contributed by atoms with van der Waals surface area (Å²) < 4.78 is 40.8. The van der Waals surface area contributed by atoms with Gasteiger partial charge in [-0.05, 0) is 48.7 Å². The lowest BCUT2D eigenvalue weighted by Gasteiger charge is -2.13. The van der Waals surface area contributed by atoms with Crippen LogP contribution in [-0.4, -0.2) is 13.5 Å². The zero-order chi connectivity index (χ0) is 15.6. The van der Waals surface area contributed by atoms with Crippen LogP contribution in [0.5, 0.6) is 0 Å². The molecule has 0 aromatic heterocycles. The lowest BCUT2D eigenvalue weighted by molar-refractivity contribution is 0.281. The minimum atomic E-state index is -4.05. The molecular formula is C15H16FNO3S. The number of nitrogens with one attached hydrogen (secondary N) is 1. The van der Waals surface area contributed by atoms with Gasteiger partial charge in [0.25, 0.3) is 10.0 Å². The van der Waals surface area contributed by atoms with E-state index in [-0.39, 0.29) is 6.61 Å². The van der Waals surface area contributed by atoms with Crippen molar-refractivity contribution in [2.75, 3.05) is 4.72 Å². The molecule has 4 nitrogen and oxygen atoms in total. The van der Waals surface area contributed by atoms with Gasteiger partial charge in [-0.3, -0.25) is 4.72 Å². The molecule has 2 N–H and O–H groups in total. The maximum atomic E-state index is 13.8. The summed E-state index contributed by atoms with van der Waals surface area (Å²) in [6.07, 6.45) is 0. The predicted octanol–water partition coefficient (Wildman–Crippen LogP) is 2.74. The molecule has 0 heterocycles. The zero-order valence-electron chi connectivity index (χ0n) is 11.7. The van der Waals surface area contributed by atoms with Crippen LogP contribution in [0.25, 0.3) is 0 Å². The monoisotopic (exact) mass is 309 g/mol. The van der Waals surface area contributed by atoms with Crippen LogP contribution in [0.4, 0.5) is 10.1 Å². The van der Waals surface area contributed by atoms with Gasteiger partial charge in [0.15, 0.2) is 0 Å². The van der Waals surface area contributed by atoms with Crippen molar-refractivity contribution < 1.29 is 17.9 Å². The Morgan fingerprint density at radius 1 is 1.19 bits per heavy atom. The quantitative estimate of drug-likeness (QED) is 0.912. The molecule has 0 amide bonds. The molecule has 0 bridgehead atoms. The highest BCUT2D eigenvalue weighted by atomic mass is 32.2. The van der Waals surface area contributed by atoms with Crippen molar-refractivity contribution >= 4 is 15.7 Å². The van der Waals surface area contributed by atoms with Crippen LogP contribution in [0.1, 0.15) is 16.7 Å². The maximum absolute atomic E-state index is 13.8. The molecule has 0 spiro atoms. The molecule has 0 aliphatic heterocycles. The second-order valence-electron chi connectivity index (χ2n) is 4.78. The second kappa shape index (κ2) is 5.83. The summed E-state index contributed by atoms with van der Waals surface area (Å²) in [5.74, 6) is -0.856. The lowest BCUT2D eigenvalue weighted by atomic mass is 10.1. The van der Waals surface area contributed by atoms with Gasteiger partial charge in [0.05, 0.1) is 12.3 Å². The first kappa shape index (κ1) is 15.5. The van der Waals surface area contributed by atoms with Gasteiger partial charge in [0.2, 0.25) is 0 Å². The fourth-order valence-corrected chi connectivity index (χ4v) is 3.17. The van der Waals surface area contributed by atoms with E-state index in [2.05, 4.69) is 4.72 Å². The minimum absolute atomic E-state index is 0.331. The van der Waals surface area contributed by atoms with Crippen LogP contribution in [0.2, 0.25) is 0 Å². The summed E-state index contributed by atoms with van der Waals surface area (Å²) in [5.41, 5.74) is 2.45. The van der Waals surface area contributed by atoms with Gasteiger partial charge in [-0.2, -0.15) is 0 Å². The Kier molecular flexibility index (Phi) is 4.29. The molecule has 2 aromatic carbocycles. The van der Waals surface area contributed by atoms with Gasteiger partial charge in [0.1, 0.15) is 10.7 Å². The van der Waals surface area contributed by atoms with E-state index in [1.54, 1.807) is 19.1 Å². The Labute approximate surface area is 123 Å². The highest BCUT2D eigenvalue weighted by Crippen LogP contribution is 2.24. The topological polar surface area (TPSA) is 66.4 Å². The first-order valence-corrected chi connectivity index (χ1v) is 7.82. The van der Waals surface area contributed by atoms with Crippen molar-refractivity contribution in [3.63, 3.8) is 0 Å². The zero-order valence-corrected chi connectivity index (χ0v) is 12.5. The number of anilines is 1. The van der Waals surface area contributed by atoms with E-state index in [9.17, 15) is 12.8 Å². The van der Waals surface area contributed by atoms with Crippen LogP contribution in [0.3, 0.4) is 0 Å². The molecule has 2 aromatic rings. The summed E-state index contributed by atoms with van der Waals surface area (Å²) in [6.45, 7) is 3.29. The standard InChI is InChI=1S/C15H16FNO3S/c1-10-4-3-5-14(11(10)2)17-21(19,20)15-8-12(9-18)6-7-13(15)16/h3-8,17-18H,9H2,1-2H3. The molecule has 0 atom stereocenters. The normalized spacial score (nSPS) is 11.4. The maximum Gasteiger partial charge on any atom is 0.264 e. The van der Waals surface area contributed by atoms with Crippen molar-refractivity contribution in [1.29, 1.82) is 0 Å². The van der Waals surface area contributed by atoms with E-state index in [0.29, 0.717) is 11.3 Å². The van der Waals surface area contributed by atoms with Gasteiger partial charge in [0, 0.05) is 0 Å². The number of benzene rings is 2. The number of sulfonamides is 1. The number of rotatable bonds is 4. The number of halogens is 1. The summed E-state index contributed by atoms with van der Waals surface area (Å²) in [4.78, 5) is -0.477. The number of aryl methyl sites for hydroxylation is 1. The fraction of sp³-hybridized carbons (Fsp3) is 0.200. The Hall–Kier alpha value is -1.92. The molecule has 6 heteroatoms. The van der Waals surface area contributed by atoms with Crippen LogP contribution in [0.15, 0.2) is 41.3 Å². The van der Waals surface area contributed by atoms with Gasteiger partial charge < -0.3 is 5.11 Å². The van der Waals surface area contributed by atoms with Crippen LogP contribution < -0.4 is 4.72 Å². The van der Waals surface area contributed by atoms with Crippen LogP contribution in [-0.2, 0) is 16.6 Å². The van der Waals surface area contributed by atoms with Crippen molar-refractivity contribution in [2.24, 2.45) is 0 Å². The van der Waals surface area contributed by atoms with Gasteiger partial charge >= 0.3 is 0 Å². The van der Waals surface area contributed by atoms with Crippen LogP contribution in [0, 0.1) is 19.7 Å². The van der Waals surface area contributed by atoms with Crippen molar-refractivity contribution in [2.45, 2.75) is 25.3 Å². The summed E-state index contributed by atoms with van der Waals surface area (Å²) >= 11 is 0. The molecule has 0 saturated heterocycles. The van der Waals surface area contributed by atoms with Crippen LogP contribution >= 0.6 is 0 Å². The summed E-state index contributed by atoms with van der Waals surface area (Å²) in [6, 6.07) is 8.70. The van der Waals surface area contributed by atoms with E-state index in [4.69, 9.17) is 5.11 Å². The highest BCUT2D eigenvalue weighted by Gasteiger charge is 2.20. The molecule has 21 heavy (non-hydrogen) atoms. The Morgan fingerprint density at radius 3 is 2.57 bits per heavy atom. The molecule has 0 unspecified atom stereocenters. The molecular weight excluding hydrogens is 293 g/mol. The number of aliphatic hydroxyl groups excluding tert-OH is 1. The molecule has 0 aliphatic carbocycles. The van der Waals surface area contributed by atoms with E-state index < -0.39 is 20.7 Å². The Morgan fingerprint density at radius 2 is 1.90 bits per heavy atom. The molecule has 112 valence electrons. The SMILES string of the molecule is Cc1cccc(NS(=O)(=O)c2cc(CO)ccc2F)c1C. The third kappa shape index (κ3) is 3.22.